The lowest BCUT2D eigenvalue weighted by atomic mass is 10.3. The topological polar surface area (TPSA) is 82.2 Å². The van der Waals surface area contributed by atoms with Crippen molar-refractivity contribution in [3.8, 4) is 0 Å². The summed E-state index contributed by atoms with van der Waals surface area (Å²) >= 11 is 1.48. The Morgan fingerprint density at radius 2 is 1.79 bits per heavy atom. The molecule has 0 radical (unpaired) electrons. The van der Waals surface area contributed by atoms with E-state index in [-0.39, 0.29) is 6.03 Å². The molecule has 1 aliphatic heterocycles. The van der Waals surface area contributed by atoms with E-state index in [4.69, 9.17) is 0 Å². The average molecular weight is 395 g/mol. The van der Waals surface area contributed by atoms with Gasteiger partial charge in [0.05, 0.1) is 5.00 Å². The van der Waals surface area contributed by atoms with E-state index in [1.165, 1.54) is 24.2 Å². The molecule has 8 heteroatoms. The Kier molecular flexibility index (Phi) is 5.38. The molecular weight excluding hydrogens is 372 g/mol. The minimum atomic E-state index is -0.263. The van der Waals surface area contributed by atoms with Crippen molar-refractivity contribution < 1.29 is 4.79 Å². The largest absolute Gasteiger partial charge is 0.356 e. The molecule has 2 aromatic heterocycles. The van der Waals surface area contributed by atoms with E-state index < -0.39 is 0 Å². The van der Waals surface area contributed by atoms with Gasteiger partial charge in [0.1, 0.15) is 5.82 Å². The quantitative estimate of drug-likeness (QED) is 0.577. The molecule has 3 heterocycles. The first-order chi connectivity index (χ1) is 13.7. The van der Waals surface area contributed by atoms with E-state index in [2.05, 4.69) is 30.8 Å². The number of amides is 2. The predicted octanol–water partition coefficient (Wildman–Crippen LogP) is 4.83. The van der Waals surface area contributed by atoms with Crippen LogP contribution in [0.15, 0.2) is 47.8 Å². The lowest BCUT2D eigenvalue weighted by molar-refractivity contribution is 0.262. The second kappa shape index (κ2) is 8.26. The Labute approximate surface area is 167 Å². The third-order valence-corrected chi connectivity index (χ3v) is 5.21. The summed E-state index contributed by atoms with van der Waals surface area (Å²) < 4.78 is 0. The molecule has 1 saturated heterocycles. The fourth-order valence-electron chi connectivity index (χ4n) is 3.11. The van der Waals surface area contributed by atoms with Crippen LogP contribution in [-0.4, -0.2) is 29.1 Å². The van der Waals surface area contributed by atoms with E-state index >= 15 is 0 Å². The van der Waals surface area contributed by atoms with Gasteiger partial charge in [0.25, 0.3) is 0 Å². The second-order valence-electron chi connectivity index (χ2n) is 6.64. The van der Waals surface area contributed by atoms with Crippen LogP contribution in [0.1, 0.15) is 18.5 Å². The first-order valence-corrected chi connectivity index (χ1v) is 10.1. The van der Waals surface area contributed by atoms with Crippen molar-refractivity contribution in [2.24, 2.45) is 0 Å². The summed E-state index contributed by atoms with van der Waals surface area (Å²) in [7, 11) is 0. The molecule has 3 N–H and O–H groups in total. The number of nitrogens with one attached hydrogen (secondary N) is 3. The van der Waals surface area contributed by atoms with Gasteiger partial charge in [0.2, 0.25) is 5.95 Å². The molecule has 2 amide bonds. The summed E-state index contributed by atoms with van der Waals surface area (Å²) in [5.74, 6) is 1.55. The highest BCUT2D eigenvalue weighted by atomic mass is 32.1. The van der Waals surface area contributed by atoms with Crippen LogP contribution in [0, 0.1) is 6.92 Å². The van der Waals surface area contributed by atoms with Gasteiger partial charge >= 0.3 is 6.03 Å². The number of rotatable bonds is 5. The molecule has 0 spiro atoms. The van der Waals surface area contributed by atoms with Crippen molar-refractivity contribution in [3.05, 3.63) is 53.5 Å². The molecule has 1 aromatic carbocycles. The highest BCUT2D eigenvalue weighted by Gasteiger charge is 2.15. The third-order valence-electron chi connectivity index (χ3n) is 4.43. The number of aryl methyl sites for hydroxylation is 1. The van der Waals surface area contributed by atoms with Gasteiger partial charge in [-0.15, -0.1) is 11.3 Å². The number of aromatic nitrogens is 2. The highest BCUT2D eigenvalue weighted by Crippen LogP contribution is 2.22. The maximum atomic E-state index is 12.0. The van der Waals surface area contributed by atoms with Crippen LogP contribution >= 0.6 is 11.3 Å². The molecule has 4 rings (SSSR count). The number of benzene rings is 1. The van der Waals surface area contributed by atoms with Gasteiger partial charge in [0.15, 0.2) is 0 Å². The van der Waals surface area contributed by atoms with Crippen LogP contribution in [0.5, 0.6) is 0 Å². The fourth-order valence-corrected chi connectivity index (χ4v) is 3.72. The smallest absolute Gasteiger partial charge is 0.324 e. The van der Waals surface area contributed by atoms with Crippen molar-refractivity contribution in [1.82, 2.24) is 9.97 Å². The van der Waals surface area contributed by atoms with Gasteiger partial charge in [-0.3, -0.25) is 5.32 Å². The van der Waals surface area contributed by atoms with Gasteiger partial charge < -0.3 is 15.5 Å². The Bertz CT molecular complexity index is 936. The van der Waals surface area contributed by atoms with Crippen LogP contribution in [0.2, 0.25) is 0 Å². The van der Waals surface area contributed by atoms with Crippen molar-refractivity contribution in [3.63, 3.8) is 0 Å². The number of urea groups is 1. The van der Waals surface area contributed by atoms with Crippen LogP contribution in [-0.2, 0) is 0 Å². The predicted molar refractivity (Wildman–Crippen MR) is 115 cm³/mol. The molecule has 144 valence electrons. The first-order valence-electron chi connectivity index (χ1n) is 9.25. The Morgan fingerprint density at radius 3 is 2.50 bits per heavy atom. The van der Waals surface area contributed by atoms with E-state index in [1.807, 2.05) is 54.8 Å². The molecule has 0 bridgehead atoms. The van der Waals surface area contributed by atoms with Gasteiger partial charge in [0, 0.05) is 36.2 Å². The van der Waals surface area contributed by atoms with Crippen LogP contribution < -0.4 is 20.9 Å². The maximum absolute atomic E-state index is 12.0. The monoisotopic (exact) mass is 394 g/mol. The van der Waals surface area contributed by atoms with E-state index in [0.29, 0.717) is 11.6 Å². The number of carbonyl (C=O) groups excluding carboxylic acids is 1. The molecule has 0 unspecified atom stereocenters. The minimum Gasteiger partial charge on any atom is -0.356 e. The molecule has 3 aromatic rings. The van der Waals surface area contributed by atoms with Crippen LogP contribution in [0.25, 0.3) is 0 Å². The third kappa shape index (κ3) is 4.58. The standard InChI is InChI=1S/C20H22N6OS/c1-14-13-17(26-10-2-3-11-26)24-19(21-14)22-15-6-8-16(9-7-15)23-20(27)25-18-5-4-12-28-18/h4-9,12-13H,2-3,10-11H2,1H3,(H,21,22,24)(H2,23,25,27). The molecule has 0 aliphatic carbocycles. The molecule has 28 heavy (non-hydrogen) atoms. The molecular formula is C20H22N6OS. The zero-order valence-electron chi connectivity index (χ0n) is 15.6. The van der Waals surface area contributed by atoms with E-state index in [9.17, 15) is 4.79 Å². The second-order valence-corrected chi connectivity index (χ2v) is 7.59. The zero-order chi connectivity index (χ0) is 19.3. The summed E-state index contributed by atoms with van der Waals surface area (Å²) in [6.45, 7) is 4.07. The van der Waals surface area contributed by atoms with Crippen molar-refractivity contribution in [2.45, 2.75) is 19.8 Å². The lowest BCUT2D eigenvalue weighted by Crippen LogP contribution is -2.20. The molecule has 7 nitrogen and oxygen atoms in total. The van der Waals surface area contributed by atoms with E-state index in [0.717, 1.165) is 35.3 Å². The van der Waals surface area contributed by atoms with Crippen molar-refractivity contribution in [2.75, 3.05) is 33.9 Å². The van der Waals surface area contributed by atoms with Gasteiger partial charge in [-0.25, -0.2) is 9.78 Å². The fraction of sp³-hybridized carbons (Fsp3) is 0.250. The van der Waals surface area contributed by atoms with Crippen molar-refractivity contribution in [1.29, 1.82) is 0 Å². The Hall–Kier alpha value is -3.13. The molecule has 0 saturated carbocycles. The van der Waals surface area contributed by atoms with Gasteiger partial charge in [-0.05, 0) is 61.5 Å². The number of anilines is 5. The summed E-state index contributed by atoms with van der Waals surface area (Å²) in [5.41, 5.74) is 2.51. The Balaban J connectivity index is 1.39. The maximum Gasteiger partial charge on any atom is 0.324 e. The Morgan fingerprint density at radius 1 is 1.04 bits per heavy atom. The van der Waals surface area contributed by atoms with Crippen LogP contribution in [0.4, 0.5) is 32.9 Å². The molecule has 1 aliphatic rings. The van der Waals surface area contributed by atoms with Gasteiger partial charge in [-0.2, -0.15) is 4.98 Å². The number of hydrogen-bond acceptors (Lipinski definition) is 6. The van der Waals surface area contributed by atoms with Crippen molar-refractivity contribution >= 4 is 45.5 Å². The zero-order valence-corrected chi connectivity index (χ0v) is 16.4. The number of thiophene rings is 1. The summed E-state index contributed by atoms with van der Waals surface area (Å²) in [6.07, 6.45) is 2.42. The van der Waals surface area contributed by atoms with E-state index in [1.54, 1.807) is 0 Å². The van der Waals surface area contributed by atoms with Crippen LogP contribution in [0.3, 0.4) is 0 Å². The number of hydrogen-bond donors (Lipinski definition) is 3. The summed E-state index contributed by atoms with van der Waals surface area (Å²) in [4.78, 5) is 23.4. The normalized spacial score (nSPS) is 13.4. The number of carbonyl (C=O) groups is 1. The molecule has 1 fully saturated rings. The average Bonchev–Trinajstić information content (AvgIpc) is 3.37. The molecule has 0 atom stereocenters. The lowest BCUT2D eigenvalue weighted by Gasteiger charge is -2.17. The van der Waals surface area contributed by atoms with Gasteiger partial charge in [-0.1, -0.05) is 0 Å². The number of nitrogens with zero attached hydrogens (tertiary/aromatic N) is 3. The SMILES string of the molecule is Cc1cc(N2CCCC2)nc(Nc2ccc(NC(=O)Nc3cccs3)cc2)n1. The summed E-state index contributed by atoms with van der Waals surface area (Å²) in [6, 6.07) is 13.0. The first kappa shape index (κ1) is 18.2. The highest BCUT2D eigenvalue weighted by molar-refractivity contribution is 7.14. The summed E-state index contributed by atoms with van der Waals surface area (Å²) in [5, 5.41) is 11.6. The minimum absolute atomic E-state index is 0.263.